The van der Waals surface area contributed by atoms with E-state index in [2.05, 4.69) is 5.10 Å². The van der Waals surface area contributed by atoms with E-state index in [1.165, 1.54) is 6.08 Å². The van der Waals surface area contributed by atoms with Crippen LogP contribution in [0, 0.1) is 0 Å². The largest absolute Gasteiger partial charge is 0.383 e. The summed E-state index contributed by atoms with van der Waals surface area (Å²) in [6.07, 6.45) is 4.95. The molecule has 0 radical (unpaired) electrons. The molecule has 1 rings (SSSR count). The molecule has 0 aliphatic rings. The molecule has 0 N–H and O–H groups in total. The zero-order valence-corrected chi connectivity index (χ0v) is 8.06. The predicted octanol–water partition coefficient (Wildman–Crippen LogP) is 0.678. The van der Waals surface area contributed by atoms with Gasteiger partial charge in [0, 0.05) is 39.6 Å². The van der Waals surface area contributed by atoms with E-state index in [9.17, 15) is 4.79 Å². The van der Waals surface area contributed by atoms with Crippen LogP contribution in [0.5, 0.6) is 0 Å². The van der Waals surface area contributed by atoms with Crippen LogP contribution >= 0.6 is 0 Å². The Balaban J connectivity index is 2.69. The smallest absolute Gasteiger partial charge is 0.207 e. The van der Waals surface area contributed by atoms with Crippen LogP contribution in [0.25, 0.3) is 0 Å². The highest BCUT2D eigenvalue weighted by atomic mass is 16.1. The molecule has 0 atom stereocenters. The normalized spacial score (nSPS) is 10.7. The molecular weight excluding hydrogens is 166 g/mol. The van der Waals surface area contributed by atoms with Crippen molar-refractivity contribution >= 4 is 5.78 Å². The molecule has 4 heteroatoms. The topological polar surface area (TPSA) is 38.1 Å². The van der Waals surface area contributed by atoms with Gasteiger partial charge in [0.1, 0.15) is 5.69 Å². The van der Waals surface area contributed by atoms with E-state index in [4.69, 9.17) is 0 Å². The second-order valence-electron chi connectivity index (χ2n) is 3.02. The number of carbonyl (C=O) groups is 1. The Morgan fingerprint density at radius 2 is 2.31 bits per heavy atom. The van der Waals surface area contributed by atoms with Gasteiger partial charge in [0.15, 0.2) is 0 Å². The molecule has 1 aromatic heterocycles. The van der Waals surface area contributed by atoms with Gasteiger partial charge in [-0.3, -0.25) is 9.48 Å². The van der Waals surface area contributed by atoms with Crippen LogP contribution in [-0.2, 0) is 7.05 Å². The Bertz CT molecular complexity index is 325. The minimum atomic E-state index is -0.0747. The number of hydrogen-bond acceptors (Lipinski definition) is 3. The maximum Gasteiger partial charge on any atom is 0.207 e. The number of nitrogens with zero attached hydrogens (tertiary/aromatic N) is 3. The monoisotopic (exact) mass is 179 g/mol. The zero-order chi connectivity index (χ0) is 9.84. The molecule has 0 bridgehead atoms. The number of carbonyl (C=O) groups excluding carboxylic acids is 1. The third-order valence-electron chi connectivity index (χ3n) is 1.49. The first-order valence-corrected chi connectivity index (χ1v) is 3.98. The minimum absolute atomic E-state index is 0.0747. The Morgan fingerprint density at radius 1 is 1.62 bits per heavy atom. The number of allylic oxidation sites excluding steroid dienone is 1. The van der Waals surface area contributed by atoms with E-state index >= 15 is 0 Å². The second-order valence-corrected chi connectivity index (χ2v) is 3.02. The highest BCUT2D eigenvalue weighted by molar-refractivity contribution is 6.02. The fourth-order valence-electron chi connectivity index (χ4n) is 0.849. The maximum atomic E-state index is 11.4. The van der Waals surface area contributed by atoms with E-state index in [1.54, 1.807) is 35.1 Å². The summed E-state index contributed by atoms with van der Waals surface area (Å²) in [4.78, 5) is 13.2. The van der Waals surface area contributed by atoms with Crippen molar-refractivity contribution in [3.63, 3.8) is 0 Å². The van der Waals surface area contributed by atoms with E-state index in [1.807, 2.05) is 14.1 Å². The molecule has 0 fully saturated rings. The number of ketones is 1. The molecular formula is C9H13N3O. The Hall–Kier alpha value is -1.58. The molecule has 4 nitrogen and oxygen atoms in total. The fraction of sp³-hybridized carbons (Fsp3) is 0.333. The van der Waals surface area contributed by atoms with Gasteiger partial charge >= 0.3 is 0 Å². The summed E-state index contributed by atoms with van der Waals surface area (Å²) >= 11 is 0. The number of rotatable bonds is 3. The van der Waals surface area contributed by atoms with Crippen molar-refractivity contribution in [2.24, 2.45) is 7.05 Å². The Morgan fingerprint density at radius 3 is 2.77 bits per heavy atom. The molecule has 70 valence electrons. The van der Waals surface area contributed by atoms with Gasteiger partial charge in [0.2, 0.25) is 5.78 Å². The predicted molar refractivity (Wildman–Crippen MR) is 50.4 cm³/mol. The fourth-order valence-corrected chi connectivity index (χ4v) is 0.849. The van der Waals surface area contributed by atoms with Crippen molar-refractivity contribution in [3.05, 3.63) is 30.2 Å². The number of aromatic nitrogens is 2. The Kier molecular flexibility index (Phi) is 2.84. The van der Waals surface area contributed by atoms with Crippen LogP contribution in [0.4, 0.5) is 0 Å². The summed E-state index contributed by atoms with van der Waals surface area (Å²) in [5, 5.41) is 3.99. The second kappa shape index (κ2) is 3.89. The lowest BCUT2D eigenvalue weighted by Crippen LogP contribution is -2.03. The van der Waals surface area contributed by atoms with Crippen molar-refractivity contribution in [2.75, 3.05) is 14.1 Å². The van der Waals surface area contributed by atoms with Crippen LogP contribution in [0.3, 0.4) is 0 Å². The molecule has 0 saturated heterocycles. The van der Waals surface area contributed by atoms with Gasteiger partial charge in [-0.2, -0.15) is 5.10 Å². The summed E-state index contributed by atoms with van der Waals surface area (Å²) in [7, 11) is 5.51. The van der Waals surface area contributed by atoms with Crippen molar-refractivity contribution in [3.8, 4) is 0 Å². The molecule has 0 amide bonds. The first-order chi connectivity index (χ1) is 6.09. The zero-order valence-electron chi connectivity index (χ0n) is 8.06. The molecule has 0 aliphatic carbocycles. The number of hydrogen-bond donors (Lipinski definition) is 0. The van der Waals surface area contributed by atoms with Gasteiger partial charge in [-0.05, 0) is 6.07 Å². The first kappa shape index (κ1) is 9.51. The van der Waals surface area contributed by atoms with E-state index in [-0.39, 0.29) is 5.78 Å². The van der Waals surface area contributed by atoms with Crippen molar-refractivity contribution in [1.82, 2.24) is 14.7 Å². The lowest BCUT2D eigenvalue weighted by molar-refractivity contribution is 0.104. The van der Waals surface area contributed by atoms with Gasteiger partial charge in [0.05, 0.1) is 0 Å². The summed E-state index contributed by atoms with van der Waals surface area (Å²) in [6, 6.07) is 1.70. The summed E-state index contributed by atoms with van der Waals surface area (Å²) in [5.74, 6) is -0.0747. The van der Waals surface area contributed by atoms with Gasteiger partial charge < -0.3 is 4.90 Å². The molecule has 0 spiro atoms. The lowest BCUT2D eigenvalue weighted by Gasteiger charge is -2.01. The average Bonchev–Trinajstić information content (AvgIpc) is 2.47. The molecule has 0 aromatic carbocycles. The SMILES string of the molecule is CN(C)C=CC(=O)c1ccn(C)n1. The third kappa shape index (κ3) is 2.74. The Labute approximate surface area is 77.5 Å². The van der Waals surface area contributed by atoms with E-state index in [0.29, 0.717) is 5.69 Å². The standard InChI is InChI=1S/C9H13N3O/c1-11(2)6-5-9(13)8-4-7-12(3)10-8/h4-7H,1-3H3. The van der Waals surface area contributed by atoms with Crippen LogP contribution in [0.2, 0.25) is 0 Å². The van der Waals surface area contributed by atoms with Crippen molar-refractivity contribution in [2.45, 2.75) is 0 Å². The summed E-state index contributed by atoms with van der Waals surface area (Å²) < 4.78 is 1.61. The third-order valence-corrected chi connectivity index (χ3v) is 1.49. The highest BCUT2D eigenvalue weighted by Gasteiger charge is 2.03. The highest BCUT2D eigenvalue weighted by Crippen LogP contribution is 1.97. The first-order valence-electron chi connectivity index (χ1n) is 3.98. The van der Waals surface area contributed by atoms with Crippen LogP contribution in [-0.4, -0.2) is 34.6 Å². The summed E-state index contributed by atoms with van der Waals surface area (Å²) in [6.45, 7) is 0. The van der Waals surface area contributed by atoms with E-state index in [0.717, 1.165) is 0 Å². The maximum absolute atomic E-state index is 11.4. The number of aryl methyl sites for hydroxylation is 1. The van der Waals surface area contributed by atoms with E-state index < -0.39 is 0 Å². The summed E-state index contributed by atoms with van der Waals surface area (Å²) in [5.41, 5.74) is 0.473. The quantitative estimate of drug-likeness (QED) is 0.506. The van der Waals surface area contributed by atoms with Gasteiger partial charge in [-0.15, -0.1) is 0 Å². The molecule has 0 saturated carbocycles. The minimum Gasteiger partial charge on any atom is -0.383 e. The molecule has 0 unspecified atom stereocenters. The van der Waals surface area contributed by atoms with Gasteiger partial charge in [-0.25, -0.2) is 0 Å². The molecule has 1 heterocycles. The molecule has 13 heavy (non-hydrogen) atoms. The molecule has 1 aromatic rings. The lowest BCUT2D eigenvalue weighted by atomic mass is 10.3. The van der Waals surface area contributed by atoms with Gasteiger partial charge in [-0.1, -0.05) is 0 Å². The average molecular weight is 179 g/mol. The molecule has 0 aliphatic heterocycles. The van der Waals surface area contributed by atoms with Crippen LogP contribution in [0.1, 0.15) is 10.5 Å². The van der Waals surface area contributed by atoms with Crippen molar-refractivity contribution in [1.29, 1.82) is 0 Å². The van der Waals surface area contributed by atoms with Gasteiger partial charge in [0.25, 0.3) is 0 Å². The van der Waals surface area contributed by atoms with Crippen LogP contribution < -0.4 is 0 Å². The van der Waals surface area contributed by atoms with Crippen molar-refractivity contribution < 1.29 is 4.79 Å². The van der Waals surface area contributed by atoms with Crippen LogP contribution in [0.15, 0.2) is 24.5 Å².